The van der Waals surface area contributed by atoms with Gasteiger partial charge in [0.1, 0.15) is 17.8 Å². The van der Waals surface area contributed by atoms with E-state index in [1.165, 1.54) is 6.92 Å². The molecule has 0 fully saturated rings. The zero-order chi connectivity index (χ0) is 9.94. The van der Waals surface area contributed by atoms with Crippen molar-refractivity contribution in [3.8, 4) is 0 Å². The number of aldehydes is 1. The monoisotopic (exact) mass is 178 g/mol. The summed E-state index contributed by atoms with van der Waals surface area (Å²) in [5.74, 6) is 0. The second kappa shape index (κ2) is 3.95. The Hall–Kier alpha value is -0.490. The van der Waals surface area contributed by atoms with E-state index in [0.717, 1.165) is 6.92 Å². The van der Waals surface area contributed by atoms with E-state index in [4.69, 9.17) is 15.3 Å². The normalized spacial score (nSPS) is 23.8. The molecule has 0 saturated carbocycles. The summed E-state index contributed by atoms with van der Waals surface area (Å²) in [6, 6.07) is 0. The molecule has 0 saturated heterocycles. The fourth-order valence-corrected chi connectivity index (χ4v) is 0.667. The Bertz CT molecular complexity index is 154. The molecule has 72 valence electrons. The lowest BCUT2D eigenvalue weighted by molar-refractivity contribution is -0.164. The van der Waals surface area contributed by atoms with Crippen molar-refractivity contribution < 1.29 is 25.2 Å². The van der Waals surface area contributed by atoms with Crippen molar-refractivity contribution in [2.75, 3.05) is 0 Å². The molecular formula is C7H14O5. The third-order valence-electron chi connectivity index (χ3n) is 1.91. The van der Waals surface area contributed by atoms with Crippen LogP contribution in [0, 0.1) is 0 Å². The molecule has 5 heteroatoms. The summed E-state index contributed by atoms with van der Waals surface area (Å²) in [6.07, 6.45) is -4.51. The summed E-state index contributed by atoms with van der Waals surface area (Å²) >= 11 is 0. The molecule has 0 rings (SSSR count). The maximum atomic E-state index is 10.0. The number of carbonyl (C=O) groups excluding carboxylic acids is 1. The number of hydrogen-bond acceptors (Lipinski definition) is 5. The Morgan fingerprint density at radius 2 is 1.75 bits per heavy atom. The molecule has 0 aromatic rings. The van der Waals surface area contributed by atoms with E-state index < -0.39 is 23.9 Å². The van der Waals surface area contributed by atoms with Crippen LogP contribution in [0.2, 0.25) is 0 Å². The number of carbonyl (C=O) groups is 1. The summed E-state index contributed by atoms with van der Waals surface area (Å²) in [5, 5.41) is 36.2. The zero-order valence-corrected chi connectivity index (χ0v) is 7.01. The first kappa shape index (κ1) is 11.5. The Labute approximate surface area is 70.3 Å². The Kier molecular flexibility index (Phi) is 3.79. The van der Waals surface area contributed by atoms with Gasteiger partial charge in [-0.05, 0) is 13.8 Å². The van der Waals surface area contributed by atoms with E-state index in [1.807, 2.05) is 0 Å². The Morgan fingerprint density at radius 3 is 2.00 bits per heavy atom. The highest BCUT2D eigenvalue weighted by Gasteiger charge is 2.39. The van der Waals surface area contributed by atoms with E-state index >= 15 is 0 Å². The minimum atomic E-state index is -1.89. The topological polar surface area (TPSA) is 98.0 Å². The largest absolute Gasteiger partial charge is 0.390 e. The molecule has 0 aliphatic rings. The van der Waals surface area contributed by atoms with Gasteiger partial charge in [-0.2, -0.15) is 0 Å². The third-order valence-corrected chi connectivity index (χ3v) is 1.91. The number of aliphatic hydroxyl groups is 4. The summed E-state index contributed by atoms with van der Waals surface area (Å²) < 4.78 is 0. The Morgan fingerprint density at radius 1 is 1.33 bits per heavy atom. The van der Waals surface area contributed by atoms with Crippen LogP contribution >= 0.6 is 0 Å². The lowest BCUT2D eigenvalue weighted by atomic mass is 9.90. The van der Waals surface area contributed by atoms with Crippen molar-refractivity contribution in [1.82, 2.24) is 0 Å². The van der Waals surface area contributed by atoms with Crippen LogP contribution in [0.25, 0.3) is 0 Å². The summed E-state index contributed by atoms with van der Waals surface area (Å²) in [7, 11) is 0. The SMILES string of the molecule is C[C@@H](O)[C@@](C)(O)[C@H](O)[C@H](O)C=O. The molecule has 0 aromatic carbocycles. The highest BCUT2D eigenvalue weighted by Crippen LogP contribution is 2.16. The molecular weight excluding hydrogens is 164 g/mol. The van der Waals surface area contributed by atoms with Gasteiger partial charge in [0, 0.05) is 0 Å². The lowest BCUT2D eigenvalue weighted by Crippen LogP contribution is -2.54. The van der Waals surface area contributed by atoms with Gasteiger partial charge in [0.2, 0.25) is 0 Å². The number of rotatable bonds is 4. The fraction of sp³-hybridized carbons (Fsp3) is 0.857. The molecule has 0 aliphatic heterocycles. The van der Waals surface area contributed by atoms with Crippen molar-refractivity contribution >= 4 is 6.29 Å². The van der Waals surface area contributed by atoms with E-state index in [-0.39, 0.29) is 6.29 Å². The van der Waals surface area contributed by atoms with Crippen LogP contribution in [-0.2, 0) is 4.79 Å². The Balaban J connectivity index is 4.44. The molecule has 12 heavy (non-hydrogen) atoms. The van der Waals surface area contributed by atoms with Gasteiger partial charge in [-0.25, -0.2) is 0 Å². The van der Waals surface area contributed by atoms with Gasteiger partial charge < -0.3 is 25.2 Å². The van der Waals surface area contributed by atoms with Gasteiger partial charge in [-0.15, -0.1) is 0 Å². The van der Waals surface area contributed by atoms with E-state index in [2.05, 4.69) is 0 Å². The van der Waals surface area contributed by atoms with E-state index in [9.17, 15) is 9.90 Å². The number of hydrogen-bond donors (Lipinski definition) is 4. The van der Waals surface area contributed by atoms with Crippen LogP contribution in [0.3, 0.4) is 0 Å². The molecule has 0 bridgehead atoms. The van der Waals surface area contributed by atoms with Crippen LogP contribution < -0.4 is 0 Å². The minimum Gasteiger partial charge on any atom is -0.390 e. The van der Waals surface area contributed by atoms with Crippen LogP contribution in [0.5, 0.6) is 0 Å². The van der Waals surface area contributed by atoms with Crippen molar-refractivity contribution in [1.29, 1.82) is 0 Å². The van der Waals surface area contributed by atoms with Gasteiger partial charge in [-0.1, -0.05) is 0 Å². The molecule has 0 heterocycles. The van der Waals surface area contributed by atoms with Gasteiger partial charge in [-0.3, -0.25) is 0 Å². The first-order chi connectivity index (χ1) is 5.34. The predicted octanol–water partition coefficient (Wildman–Crippen LogP) is -1.96. The second-order valence-corrected chi connectivity index (χ2v) is 2.97. The molecule has 0 aromatic heterocycles. The standard InChI is InChI=1S/C7H14O5/c1-4(9)7(2,12)6(11)5(10)3-8/h3-6,9-12H,1-2H3/t4-,5-,6-,7-/m1/s1. The summed E-state index contributed by atoms with van der Waals surface area (Å²) in [5.41, 5.74) is -1.89. The maximum absolute atomic E-state index is 10.0. The quantitative estimate of drug-likeness (QED) is 0.375. The highest BCUT2D eigenvalue weighted by molar-refractivity contribution is 5.57. The van der Waals surface area contributed by atoms with Crippen molar-refractivity contribution in [2.24, 2.45) is 0 Å². The van der Waals surface area contributed by atoms with Crippen LogP contribution in [0.1, 0.15) is 13.8 Å². The first-order valence-corrected chi connectivity index (χ1v) is 3.56. The highest BCUT2D eigenvalue weighted by atomic mass is 16.4. The van der Waals surface area contributed by atoms with Crippen molar-refractivity contribution in [3.63, 3.8) is 0 Å². The van der Waals surface area contributed by atoms with Crippen LogP contribution in [0.15, 0.2) is 0 Å². The molecule has 5 nitrogen and oxygen atoms in total. The van der Waals surface area contributed by atoms with Crippen molar-refractivity contribution in [3.05, 3.63) is 0 Å². The summed E-state index contributed by atoms with van der Waals surface area (Å²) in [6.45, 7) is 2.38. The third kappa shape index (κ3) is 2.25. The smallest absolute Gasteiger partial charge is 0.151 e. The van der Waals surface area contributed by atoms with Crippen LogP contribution in [-0.4, -0.2) is 50.6 Å². The van der Waals surface area contributed by atoms with Crippen LogP contribution in [0.4, 0.5) is 0 Å². The lowest BCUT2D eigenvalue weighted by Gasteiger charge is -2.32. The predicted molar refractivity (Wildman–Crippen MR) is 40.4 cm³/mol. The van der Waals surface area contributed by atoms with Gasteiger partial charge in [0.05, 0.1) is 6.10 Å². The van der Waals surface area contributed by atoms with Gasteiger partial charge in [0.25, 0.3) is 0 Å². The second-order valence-electron chi connectivity index (χ2n) is 2.97. The van der Waals surface area contributed by atoms with E-state index in [1.54, 1.807) is 0 Å². The molecule has 4 atom stereocenters. The molecule has 0 spiro atoms. The first-order valence-electron chi connectivity index (χ1n) is 3.56. The number of aliphatic hydroxyl groups excluding tert-OH is 3. The minimum absolute atomic E-state index is 0.0987. The molecule has 4 N–H and O–H groups in total. The molecule has 0 unspecified atom stereocenters. The van der Waals surface area contributed by atoms with Gasteiger partial charge in [0.15, 0.2) is 6.29 Å². The summed E-state index contributed by atoms with van der Waals surface area (Å²) in [4.78, 5) is 10.0. The van der Waals surface area contributed by atoms with E-state index in [0.29, 0.717) is 0 Å². The average Bonchev–Trinajstić information content (AvgIpc) is 2.01. The fourth-order valence-electron chi connectivity index (χ4n) is 0.667. The molecule has 0 amide bonds. The molecule has 0 aliphatic carbocycles. The molecule has 0 radical (unpaired) electrons. The average molecular weight is 178 g/mol. The maximum Gasteiger partial charge on any atom is 0.151 e. The van der Waals surface area contributed by atoms with Crippen molar-refractivity contribution in [2.45, 2.75) is 37.8 Å². The van der Waals surface area contributed by atoms with Gasteiger partial charge >= 0.3 is 0 Å². The zero-order valence-electron chi connectivity index (χ0n) is 7.01.